The number of rotatable bonds is 2. The lowest BCUT2D eigenvalue weighted by molar-refractivity contribution is -0.137. The molecular weight excluding hydrogens is 342 g/mol. The van der Waals surface area contributed by atoms with Crippen molar-refractivity contribution in [2.24, 2.45) is 0 Å². The molecule has 0 atom stereocenters. The standard InChI is InChI=1S/C14H6Cl2F3NS/c15-9-1-4-12(16)13(6-9)21-10-2-3-11(14(17,18)19)8(5-10)7-20/h1-6H. The van der Waals surface area contributed by atoms with Crippen LogP contribution in [-0.4, -0.2) is 0 Å². The average molecular weight is 348 g/mol. The molecule has 0 aromatic heterocycles. The number of halogens is 5. The monoisotopic (exact) mass is 347 g/mol. The first-order chi connectivity index (χ1) is 9.81. The van der Waals surface area contributed by atoms with Crippen molar-refractivity contribution in [2.45, 2.75) is 16.0 Å². The molecule has 0 aliphatic heterocycles. The zero-order chi connectivity index (χ0) is 15.6. The Bertz CT molecular complexity index is 723. The normalized spacial score (nSPS) is 11.2. The van der Waals surface area contributed by atoms with Crippen molar-refractivity contribution >= 4 is 35.0 Å². The van der Waals surface area contributed by atoms with Crippen LogP contribution in [0.25, 0.3) is 0 Å². The van der Waals surface area contributed by atoms with E-state index < -0.39 is 17.3 Å². The molecule has 0 bridgehead atoms. The first-order valence-corrected chi connectivity index (χ1v) is 7.13. The van der Waals surface area contributed by atoms with Crippen molar-refractivity contribution in [2.75, 3.05) is 0 Å². The average Bonchev–Trinajstić information content (AvgIpc) is 2.41. The van der Waals surface area contributed by atoms with Crippen LogP contribution in [0.1, 0.15) is 11.1 Å². The maximum atomic E-state index is 12.7. The maximum absolute atomic E-state index is 12.7. The second kappa shape index (κ2) is 6.18. The molecule has 21 heavy (non-hydrogen) atoms. The molecule has 0 radical (unpaired) electrons. The summed E-state index contributed by atoms with van der Waals surface area (Å²) in [7, 11) is 0. The molecule has 0 saturated heterocycles. The minimum absolute atomic E-state index is 0.425. The van der Waals surface area contributed by atoms with E-state index in [1.165, 1.54) is 12.1 Å². The van der Waals surface area contributed by atoms with Crippen LogP contribution in [0.4, 0.5) is 13.2 Å². The molecular formula is C14H6Cl2F3NS. The van der Waals surface area contributed by atoms with Gasteiger partial charge in [0.15, 0.2) is 0 Å². The molecule has 0 fully saturated rings. The van der Waals surface area contributed by atoms with Crippen molar-refractivity contribution in [1.29, 1.82) is 5.26 Å². The van der Waals surface area contributed by atoms with E-state index in [0.29, 0.717) is 19.8 Å². The van der Waals surface area contributed by atoms with Gasteiger partial charge >= 0.3 is 6.18 Å². The Morgan fingerprint density at radius 3 is 2.38 bits per heavy atom. The lowest BCUT2D eigenvalue weighted by Gasteiger charge is -2.10. The van der Waals surface area contributed by atoms with Crippen LogP contribution in [0, 0.1) is 11.3 Å². The molecule has 0 aliphatic rings. The van der Waals surface area contributed by atoms with Crippen LogP contribution in [0.5, 0.6) is 0 Å². The van der Waals surface area contributed by atoms with Crippen LogP contribution >= 0.6 is 35.0 Å². The van der Waals surface area contributed by atoms with Crippen molar-refractivity contribution in [3.05, 3.63) is 57.6 Å². The molecule has 0 amide bonds. The predicted octanol–water partition coefficient (Wildman–Crippen LogP) is 6.04. The van der Waals surface area contributed by atoms with Gasteiger partial charge in [-0.25, -0.2) is 0 Å². The number of alkyl halides is 3. The molecule has 0 N–H and O–H groups in total. The zero-order valence-electron chi connectivity index (χ0n) is 10.2. The lowest BCUT2D eigenvalue weighted by atomic mass is 10.1. The molecule has 2 aromatic carbocycles. The molecule has 2 aromatic rings. The fraction of sp³-hybridized carbons (Fsp3) is 0.0714. The van der Waals surface area contributed by atoms with Crippen LogP contribution in [0.15, 0.2) is 46.2 Å². The Morgan fingerprint density at radius 1 is 1.05 bits per heavy atom. The largest absolute Gasteiger partial charge is 0.417 e. The highest BCUT2D eigenvalue weighted by Crippen LogP contribution is 2.38. The number of hydrogen-bond donors (Lipinski definition) is 0. The van der Waals surface area contributed by atoms with Crippen LogP contribution < -0.4 is 0 Å². The summed E-state index contributed by atoms with van der Waals surface area (Å²) < 4.78 is 38.1. The molecule has 2 rings (SSSR count). The van der Waals surface area contributed by atoms with Gasteiger partial charge in [-0.1, -0.05) is 35.0 Å². The molecule has 7 heteroatoms. The van der Waals surface area contributed by atoms with Crippen molar-refractivity contribution in [1.82, 2.24) is 0 Å². The Labute approximate surface area is 133 Å². The highest BCUT2D eigenvalue weighted by Gasteiger charge is 2.33. The molecule has 0 heterocycles. The fourth-order valence-electron chi connectivity index (χ4n) is 1.61. The van der Waals surface area contributed by atoms with Crippen molar-refractivity contribution < 1.29 is 13.2 Å². The topological polar surface area (TPSA) is 23.8 Å². The smallest absolute Gasteiger partial charge is 0.192 e. The maximum Gasteiger partial charge on any atom is 0.417 e. The highest BCUT2D eigenvalue weighted by molar-refractivity contribution is 7.99. The van der Waals surface area contributed by atoms with Crippen LogP contribution in [0.2, 0.25) is 10.0 Å². The van der Waals surface area contributed by atoms with Crippen molar-refractivity contribution in [3.63, 3.8) is 0 Å². The Kier molecular flexibility index (Phi) is 4.72. The SMILES string of the molecule is N#Cc1cc(Sc2cc(Cl)ccc2Cl)ccc1C(F)(F)F. The van der Waals surface area contributed by atoms with E-state index in [1.807, 2.05) is 0 Å². The van der Waals surface area contributed by atoms with Gasteiger partial charge in [0.1, 0.15) is 0 Å². The molecule has 0 unspecified atom stereocenters. The van der Waals surface area contributed by atoms with Gasteiger partial charge < -0.3 is 0 Å². The van der Waals surface area contributed by atoms with Gasteiger partial charge in [0, 0.05) is 14.8 Å². The summed E-state index contributed by atoms with van der Waals surface area (Å²) in [4.78, 5) is 1.08. The summed E-state index contributed by atoms with van der Waals surface area (Å²) in [5.41, 5.74) is -1.38. The number of nitriles is 1. The zero-order valence-corrected chi connectivity index (χ0v) is 12.5. The van der Waals surface area contributed by atoms with Gasteiger partial charge in [-0.05, 0) is 36.4 Å². The minimum Gasteiger partial charge on any atom is -0.192 e. The third-order valence-electron chi connectivity index (χ3n) is 2.54. The van der Waals surface area contributed by atoms with Gasteiger partial charge in [0.25, 0.3) is 0 Å². The van der Waals surface area contributed by atoms with Gasteiger partial charge in [0.05, 0.1) is 22.2 Å². The lowest BCUT2D eigenvalue weighted by Crippen LogP contribution is -2.07. The Hall–Kier alpha value is -1.35. The van der Waals surface area contributed by atoms with Crippen molar-refractivity contribution in [3.8, 4) is 6.07 Å². The quantitative estimate of drug-likeness (QED) is 0.661. The predicted molar refractivity (Wildman–Crippen MR) is 76.7 cm³/mol. The van der Waals surface area contributed by atoms with E-state index in [9.17, 15) is 13.2 Å². The third-order valence-corrected chi connectivity index (χ3v) is 4.26. The third kappa shape index (κ3) is 3.85. The summed E-state index contributed by atoms with van der Waals surface area (Å²) in [5.74, 6) is 0. The summed E-state index contributed by atoms with van der Waals surface area (Å²) in [6.07, 6.45) is -4.55. The summed E-state index contributed by atoms with van der Waals surface area (Å²) >= 11 is 13.0. The van der Waals surface area contributed by atoms with Gasteiger partial charge in [-0.2, -0.15) is 18.4 Å². The minimum atomic E-state index is -4.55. The van der Waals surface area contributed by atoms with Gasteiger partial charge in [-0.15, -0.1) is 0 Å². The first-order valence-electron chi connectivity index (χ1n) is 5.55. The van der Waals surface area contributed by atoms with E-state index in [0.717, 1.165) is 17.8 Å². The molecule has 0 saturated carbocycles. The summed E-state index contributed by atoms with van der Waals surface area (Å²) in [6, 6.07) is 9.75. The Balaban J connectivity index is 2.39. The second-order valence-electron chi connectivity index (χ2n) is 3.99. The van der Waals surface area contributed by atoms with E-state index in [1.54, 1.807) is 24.3 Å². The van der Waals surface area contributed by atoms with Crippen LogP contribution in [-0.2, 0) is 6.18 Å². The fourth-order valence-corrected chi connectivity index (χ4v) is 3.00. The number of hydrogen-bond acceptors (Lipinski definition) is 2. The molecule has 108 valence electrons. The summed E-state index contributed by atoms with van der Waals surface area (Å²) in [5, 5.41) is 9.76. The van der Waals surface area contributed by atoms with E-state index >= 15 is 0 Å². The second-order valence-corrected chi connectivity index (χ2v) is 5.95. The van der Waals surface area contributed by atoms with Crippen LogP contribution in [0.3, 0.4) is 0 Å². The number of nitrogens with zero attached hydrogens (tertiary/aromatic N) is 1. The van der Waals surface area contributed by atoms with E-state index in [2.05, 4.69) is 0 Å². The molecule has 0 spiro atoms. The number of benzene rings is 2. The molecule has 1 nitrogen and oxygen atoms in total. The van der Waals surface area contributed by atoms with E-state index in [4.69, 9.17) is 28.5 Å². The molecule has 0 aliphatic carbocycles. The van der Waals surface area contributed by atoms with Gasteiger partial charge in [-0.3, -0.25) is 0 Å². The Morgan fingerprint density at radius 2 is 1.76 bits per heavy atom. The first kappa shape index (κ1) is 16.0. The highest BCUT2D eigenvalue weighted by atomic mass is 35.5. The van der Waals surface area contributed by atoms with E-state index in [-0.39, 0.29) is 0 Å². The van der Waals surface area contributed by atoms with Gasteiger partial charge in [0.2, 0.25) is 0 Å². The summed E-state index contributed by atoms with van der Waals surface area (Å²) in [6.45, 7) is 0.